The van der Waals surface area contributed by atoms with E-state index < -0.39 is 5.82 Å². The minimum Gasteiger partial charge on any atom is -0.508 e. The summed E-state index contributed by atoms with van der Waals surface area (Å²) in [4.78, 5) is 0. The lowest BCUT2D eigenvalue weighted by Crippen LogP contribution is -1.87. The van der Waals surface area contributed by atoms with E-state index in [0.29, 0.717) is 5.75 Å². The number of hydrogen-bond acceptors (Lipinski definition) is 2. The van der Waals surface area contributed by atoms with Crippen molar-refractivity contribution in [2.75, 3.05) is 0 Å². The third kappa shape index (κ3) is 2.52. The first-order valence-corrected chi connectivity index (χ1v) is 5.36. The summed E-state index contributed by atoms with van der Waals surface area (Å²) in [6.07, 6.45) is 0. The molecule has 4 heteroatoms. The molecule has 2 rings (SSSR count). The van der Waals surface area contributed by atoms with E-state index in [9.17, 15) is 9.50 Å². The highest BCUT2D eigenvalue weighted by atomic mass is 79.9. The molecule has 1 N–H and O–H groups in total. The molecule has 0 atom stereocenters. The van der Waals surface area contributed by atoms with Crippen molar-refractivity contribution in [1.82, 2.24) is 0 Å². The smallest absolute Gasteiger partial charge is 0.166 e. The Morgan fingerprint density at radius 3 is 2.69 bits per heavy atom. The zero-order valence-corrected chi connectivity index (χ0v) is 9.74. The molecule has 2 aromatic carbocycles. The summed E-state index contributed by atoms with van der Waals surface area (Å²) in [5.41, 5.74) is 0. The van der Waals surface area contributed by atoms with Gasteiger partial charge in [0.1, 0.15) is 11.5 Å². The van der Waals surface area contributed by atoms with E-state index in [1.807, 2.05) is 6.07 Å². The molecule has 0 saturated heterocycles. The van der Waals surface area contributed by atoms with Gasteiger partial charge in [0.05, 0.1) is 0 Å². The van der Waals surface area contributed by atoms with Crippen LogP contribution in [0.4, 0.5) is 4.39 Å². The van der Waals surface area contributed by atoms with Crippen LogP contribution < -0.4 is 4.74 Å². The van der Waals surface area contributed by atoms with Crippen LogP contribution in [0.2, 0.25) is 0 Å². The van der Waals surface area contributed by atoms with Gasteiger partial charge >= 0.3 is 0 Å². The van der Waals surface area contributed by atoms with Crippen molar-refractivity contribution >= 4 is 15.9 Å². The van der Waals surface area contributed by atoms with Crippen molar-refractivity contribution in [3.8, 4) is 17.2 Å². The van der Waals surface area contributed by atoms with Crippen molar-refractivity contribution in [3.63, 3.8) is 0 Å². The van der Waals surface area contributed by atoms with Crippen LogP contribution in [0.3, 0.4) is 0 Å². The monoisotopic (exact) mass is 282 g/mol. The molecular weight excluding hydrogens is 275 g/mol. The molecule has 0 fully saturated rings. The molecule has 0 aliphatic rings. The van der Waals surface area contributed by atoms with E-state index >= 15 is 0 Å². The number of phenols is 1. The van der Waals surface area contributed by atoms with Gasteiger partial charge in [0.2, 0.25) is 0 Å². The molecule has 0 saturated carbocycles. The van der Waals surface area contributed by atoms with E-state index in [4.69, 9.17) is 4.74 Å². The third-order valence-electron chi connectivity index (χ3n) is 1.94. The van der Waals surface area contributed by atoms with Crippen LogP contribution in [0.15, 0.2) is 46.9 Å². The lowest BCUT2D eigenvalue weighted by Gasteiger charge is -2.07. The molecule has 0 bridgehead atoms. The number of aromatic hydroxyl groups is 1. The summed E-state index contributed by atoms with van der Waals surface area (Å²) < 4.78 is 19.5. The van der Waals surface area contributed by atoms with Gasteiger partial charge in [0, 0.05) is 10.5 Å². The second-order valence-corrected chi connectivity index (χ2v) is 4.09. The number of rotatable bonds is 2. The Morgan fingerprint density at radius 1 is 1.12 bits per heavy atom. The molecule has 2 aromatic rings. The lowest BCUT2D eigenvalue weighted by atomic mass is 10.3. The van der Waals surface area contributed by atoms with Crippen molar-refractivity contribution in [2.45, 2.75) is 0 Å². The van der Waals surface area contributed by atoms with Crippen molar-refractivity contribution in [1.29, 1.82) is 0 Å². The van der Waals surface area contributed by atoms with Crippen LogP contribution >= 0.6 is 15.9 Å². The summed E-state index contributed by atoms with van der Waals surface area (Å²) in [5.74, 6) is -0.0545. The van der Waals surface area contributed by atoms with E-state index in [2.05, 4.69) is 15.9 Å². The highest BCUT2D eigenvalue weighted by Gasteiger charge is 2.05. The third-order valence-corrected chi connectivity index (χ3v) is 2.43. The number of ether oxygens (including phenoxy) is 1. The Morgan fingerprint density at radius 2 is 1.94 bits per heavy atom. The summed E-state index contributed by atoms with van der Waals surface area (Å²) in [6, 6.07) is 10.7. The van der Waals surface area contributed by atoms with Gasteiger partial charge < -0.3 is 9.84 Å². The van der Waals surface area contributed by atoms with Crippen molar-refractivity contribution < 1.29 is 14.2 Å². The molecule has 2 nitrogen and oxygen atoms in total. The molecule has 0 aromatic heterocycles. The second kappa shape index (κ2) is 4.53. The van der Waals surface area contributed by atoms with Gasteiger partial charge in [-0.05, 0) is 30.3 Å². The standard InChI is InChI=1S/C12H8BrFO2/c13-8-2-1-3-10(6-8)16-12-7-9(15)4-5-11(12)14/h1-7,15H. The van der Waals surface area contributed by atoms with Gasteiger partial charge in [-0.2, -0.15) is 0 Å². The van der Waals surface area contributed by atoms with Gasteiger partial charge in [0.25, 0.3) is 0 Å². The van der Waals surface area contributed by atoms with Crippen LogP contribution in [-0.2, 0) is 0 Å². The molecule has 0 amide bonds. The van der Waals surface area contributed by atoms with Crippen LogP contribution in [0.25, 0.3) is 0 Å². The average molecular weight is 283 g/mol. The van der Waals surface area contributed by atoms with Gasteiger partial charge in [-0.15, -0.1) is 0 Å². The van der Waals surface area contributed by atoms with Crippen LogP contribution in [0, 0.1) is 5.82 Å². The van der Waals surface area contributed by atoms with Gasteiger partial charge in [-0.25, -0.2) is 4.39 Å². The maximum atomic E-state index is 13.3. The molecule has 0 heterocycles. The quantitative estimate of drug-likeness (QED) is 0.899. The Hall–Kier alpha value is -1.55. The first kappa shape index (κ1) is 11.0. The predicted octanol–water partition coefficient (Wildman–Crippen LogP) is 4.09. The first-order chi connectivity index (χ1) is 7.65. The number of halogens is 2. The molecule has 16 heavy (non-hydrogen) atoms. The van der Waals surface area contributed by atoms with Crippen LogP contribution in [0.1, 0.15) is 0 Å². The first-order valence-electron chi connectivity index (χ1n) is 4.57. The summed E-state index contributed by atoms with van der Waals surface area (Å²) in [6.45, 7) is 0. The Labute approximate surface area is 100 Å². The van der Waals surface area contributed by atoms with E-state index in [0.717, 1.165) is 10.5 Å². The topological polar surface area (TPSA) is 29.5 Å². The summed E-state index contributed by atoms with van der Waals surface area (Å²) >= 11 is 3.29. The minimum atomic E-state index is -0.516. The highest BCUT2D eigenvalue weighted by molar-refractivity contribution is 9.10. The lowest BCUT2D eigenvalue weighted by molar-refractivity contribution is 0.427. The van der Waals surface area contributed by atoms with Crippen molar-refractivity contribution in [3.05, 3.63) is 52.8 Å². The Bertz CT molecular complexity index is 514. The van der Waals surface area contributed by atoms with Crippen LogP contribution in [0.5, 0.6) is 17.2 Å². The largest absolute Gasteiger partial charge is 0.508 e. The van der Waals surface area contributed by atoms with E-state index in [-0.39, 0.29) is 11.5 Å². The van der Waals surface area contributed by atoms with Gasteiger partial charge in [0.15, 0.2) is 11.6 Å². The summed E-state index contributed by atoms with van der Waals surface area (Å²) in [7, 11) is 0. The number of benzene rings is 2. The molecule has 0 aliphatic carbocycles. The SMILES string of the molecule is Oc1ccc(F)c(Oc2cccc(Br)c2)c1. The fraction of sp³-hybridized carbons (Fsp3) is 0. The molecule has 82 valence electrons. The number of hydrogen-bond donors (Lipinski definition) is 1. The molecule has 0 aliphatic heterocycles. The maximum Gasteiger partial charge on any atom is 0.166 e. The average Bonchev–Trinajstić information content (AvgIpc) is 2.24. The summed E-state index contributed by atoms with van der Waals surface area (Å²) in [5, 5.41) is 9.21. The Balaban J connectivity index is 2.30. The predicted molar refractivity (Wildman–Crippen MR) is 62.3 cm³/mol. The normalized spacial score (nSPS) is 10.1. The van der Waals surface area contributed by atoms with E-state index in [1.165, 1.54) is 12.1 Å². The zero-order chi connectivity index (χ0) is 11.5. The minimum absolute atomic E-state index is 0.00176. The maximum absolute atomic E-state index is 13.3. The van der Waals surface area contributed by atoms with Crippen molar-refractivity contribution in [2.24, 2.45) is 0 Å². The molecule has 0 spiro atoms. The Kier molecular flexibility index (Phi) is 3.10. The highest BCUT2D eigenvalue weighted by Crippen LogP contribution is 2.29. The molecule has 0 unspecified atom stereocenters. The van der Waals surface area contributed by atoms with Crippen LogP contribution in [-0.4, -0.2) is 5.11 Å². The second-order valence-electron chi connectivity index (χ2n) is 3.17. The fourth-order valence-corrected chi connectivity index (χ4v) is 1.61. The zero-order valence-electron chi connectivity index (χ0n) is 8.15. The molecular formula is C12H8BrFO2. The number of phenolic OH excluding ortho intramolecular Hbond substituents is 1. The molecule has 0 radical (unpaired) electrons. The van der Waals surface area contributed by atoms with Gasteiger partial charge in [-0.1, -0.05) is 22.0 Å². The van der Waals surface area contributed by atoms with E-state index in [1.54, 1.807) is 18.2 Å². The van der Waals surface area contributed by atoms with Gasteiger partial charge in [-0.3, -0.25) is 0 Å². The fourth-order valence-electron chi connectivity index (χ4n) is 1.23.